The van der Waals surface area contributed by atoms with Gasteiger partial charge in [0.2, 0.25) is 5.91 Å². The highest BCUT2D eigenvalue weighted by Gasteiger charge is 2.38. The van der Waals surface area contributed by atoms with Crippen LogP contribution in [0.4, 0.5) is 28.8 Å². The van der Waals surface area contributed by atoms with Crippen molar-refractivity contribution in [2.24, 2.45) is 12.4 Å². The molecule has 3 aliphatic heterocycles. The third-order valence-electron chi connectivity index (χ3n) is 11.5. The van der Waals surface area contributed by atoms with E-state index in [0.29, 0.717) is 47.4 Å². The van der Waals surface area contributed by atoms with Gasteiger partial charge in [-0.05, 0) is 67.9 Å². The van der Waals surface area contributed by atoms with E-state index in [9.17, 15) is 19.5 Å². The Labute approximate surface area is 330 Å². The highest BCUT2D eigenvalue weighted by atomic mass is 16.5. The molecule has 2 fully saturated rings. The smallest absolute Gasteiger partial charge is 0.293 e. The van der Waals surface area contributed by atoms with Crippen LogP contribution in [0.3, 0.4) is 0 Å². The molecule has 3 N–H and O–H groups in total. The van der Waals surface area contributed by atoms with Gasteiger partial charge in [-0.1, -0.05) is 20.4 Å². The van der Waals surface area contributed by atoms with E-state index in [0.717, 1.165) is 64.3 Å². The maximum absolute atomic E-state index is 14.0. The first-order chi connectivity index (χ1) is 28.2. The number of nitrogens with one attached hydrogen (secondary N) is 2. The summed E-state index contributed by atoms with van der Waals surface area (Å²) in [6, 6.07) is 5.65. The summed E-state index contributed by atoms with van der Waals surface area (Å²) in [7, 11) is 0. The standard InChI is InChI=1S/C41H50N10O5/c1-6-35(53)45-31-18-27(21-43-38(31)49-12-11-48(22-25(49)2)28-8-15-56-16-9-28)44-36-40(55)47(5)23-32(46-36)29-7-10-42-37(30(29)24-52)51-14-13-50-33(39(51)54)17-26-19-41(3,4)20-34(26)50/h6-7,10,17-18,21,23,25,28,52H,1,8-9,11-16,19-20,22,24H2,2-5H3,(H,44,46)(H,45,53)/i5D3. The number of nitrogens with zero attached hydrogens (tertiary/aromatic N) is 8. The van der Waals surface area contributed by atoms with Crippen molar-refractivity contribution < 1.29 is 23.5 Å². The zero-order valence-corrected chi connectivity index (χ0v) is 32.0. The van der Waals surface area contributed by atoms with E-state index in [4.69, 9.17) is 13.8 Å². The average Bonchev–Trinajstić information content (AvgIpc) is 3.70. The minimum Gasteiger partial charge on any atom is -0.392 e. The monoisotopic (exact) mass is 765 g/mol. The SMILES string of the molecule is [2H]C([2H])([2H])n1cc(-c2ccnc(N3CCn4c(cc5c4CC(C)(C)C5)C3=O)c2CO)nc(Nc2cnc(N3CCN(C4CCOCC4)CC3C)c(NC(=O)C=C)c2)c1=O. The lowest BCUT2D eigenvalue weighted by Gasteiger charge is -2.45. The van der Waals surface area contributed by atoms with Crippen LogP contribution in [0.2, 0.25) is 0 Å². The third kappa shape index (κ3) is 6.99. The van der Waals surface area contributed by atoms with E-state index in [1.807, 2.05) is 6.07 Å². The van der Waals surface area contributed by atoms with Crippen molar-refractivity contribution >= 4 is 40.6 Å². The molecule has 1 aliphatic carbocycles. The number of aliphatic hydroxyl groups excluding tert-OH is 1. The first kappa shape index (κ1) is 33.9. The molecule has 15 nitrogen and oxygen atoms in total. The summed E-state index contributed by atoms with van der Waals surface area (Å²) in [6.45, 7) is 11.3. The number of rotatable bonds is 9. The number of carbonyl (C=O) groups is 2. The Bertz CT molecular complexity index is 2370. The molecule has 4 aliphatic rings. The van der Waals surface area contributed by atoms with E-state index in [2.05, 4.69) is 62.3 Å². The van der Waals surface area contributed by atoms with E-state index in [1.54, 1.807) is 12.1 Å². The number of aromatic nitrogens is 5. The number of amides is 2. The zero-order valence-electron chi connectivity index (χ0n) is 35.0. The Hall–Kier alpha value is -5.38. The second-order valence-electron chi connectivity index (χ2n) is 15.9. The summed E-state index contributed by atoms with van der Waals surface area (Å²) in [5, 5.41) is 16.6. The fraction of sp³-hybridized carbons (Fsp3) is 0.463. The van der Waals surface area contributed by atoms with Crippen LogP contribution < -0.4 is 26.0 Å². The molecule has 0 aromatic carbocycles. The summed E-state index contributed by atoms with van der Waals surface area (Å²) in [6.07, 6.45) is 8.98. The maximum Gasteiger partial charge on any atom is 0.293 e. The number of anilines is 5. The van der Waals surface area contributed by atoms with Crippen LogP contribution in [0.25, 0.3) is 11.3 Å². The van der Waals surface area contributed by atoms with Crippen molar-refractivity contribution in [2.45, 2.75) is 71.7 Å². The van der Waals surface area contributed by atoms with Crippen molar-refractivity contribution in [1.29, 1.82) is 0 Å². The van der Waals surface area contributed by atoms with Crippen LogP contribution in [-0.2, 0) is 42.5 Å². The van der Waals surface area contributed by atoms with E-state index >= 15 is 0 Å². The zero-order chi connectivity index (χ0) is 41.8. The van der Waals surface area contributed by atoms with Gasteiger partial charge in [-0.25, -0.2) is 15.0 Å². The maximum atomic E-state index is 14.0. The molecule has 1 atom stereocenters. The lowest BCUT2D eigenvalue weighted by Crippen LogP contribution is -2.56. The number of hydrogen-bond acceptors (Lipinski definition) is 11. The summed E-state index contributed by atoms with van der Waals surface area (Å²) < 4.78 is 32.9. The first-order valence-corrected chi connectivity index (χ1v) is 19.2. The second kappa shape index (κ2) is 14.9. The van der Waals surface area contributed by atoms with Gasteiger partial charge in [0.05, 0.1) is 29.9 Å². The molecule has 0 bridgehead atoms. The van der Waals surface area contributed by atoms with Gasteiger partial charge >= 0.3 is 0 Å². The van der Waals surface area contributed by atoms with Crippen LogP contribution in [0, 0.1) is 5.41 Å². The molecule has 4 aromatic heterocycles. The lowest BCUT2D eigenvalue weighted by molar-refractivity contribution is -0.111. The molecular formula is C41H50N10O5. The molecule has 1 unspecified atom stereocenters. The first-order valence-electron chi connectivity index (χ1n) is 20.7. The van der Waals surface area contributed by atoms with Crippen LogP contribution in [0.1, 0.15) is 65.0 Å². The molecule has 8 rings (SSSR count). The van der Waals surface area contributed by atoms with Crippen LogP contribution in [0.15, 0.2) is 54.2 Å². The van der Waals surface area contributed by atoms with E-state index in [-0.39, 0.29) is 51.5 Å². The third-order valence-corrected chi connectivity index (χ3v) is 11.5. The molecule has 0 radical (unpaired) electrons. The molecular weight excluding hydrogens is 713 g/mol. The fourth-order valence-corrected chi connectivity index (χ4v) is 8.78. The van der Waals surface area contributed by atoms with Gasteiger partial charge in [-0.2, -0.15) is 0 Å². The predicted molar refractivity (Wildman–Crippen MR) is 214 cm³/mol. The van der Waals surface area contributed by atoms with Crippen LogP contribution in [-0.4, -0.2) is 97.4 Å². The molecule has 0 spiro atoms. The van der Waals surface area contributed by atoms with Gasteiger partial charge in [0.15, 0.2) is 11.6 Å². The van der Waals surface area contributed by atoms with Gasteiger partial charge in [0, 0.05) is 98.3 Å². The molecule has 0 saturated carbocycles. The number of fused-ring (bicyclic) bond motifs is 3. The number of carbonyl (C=O) groups excluding carboxylic acids is 2. The highest BCUT2D eigenvalue weighted by molar-refractivity contribution is 6.06. The Morgan fingerprint density at radius 1 is 1.12 bits per heavy atom. The molecule has 294 valence electrons. The lowest BCUT2D eigenvalue weighted by atomic mass is 9.90. The molecule has 15 heteroatoms. The largest absolute Gasteiger partial charge is 0.392 e. The number of piperazine rings is 1. The number of aryl methyl sites for hydroxylation is 1. The summed E-state index contributed by atoms with van der Waals surface area (Å²) in [5.74, 6) is -0.287. The predicted octanol–water partition coefficient (Wildman–Crippen LogP) is 3.87. The van der Waals surface area contributed by atoms with E-state index in [1.165, 1.54) is 28.6 Å². The Kier molecular flexibility index (Phi) is 9.05. The van der Waals surface area contributed by atoms with Crippen molar-refractivity contribution in [2.75, 3.05) is 59.8 Å². The topological polar surface area (TPSA) is 163 Å². The van der Waals surface area contributed by atoms with Crippen LogP contribution >= 0.6 is 0 Å². The Morgan fingerprint density at radius 2 is 1.95 bits per heavy atom. The molecule has 56 heavy (non-hydrogen) atoms. The van der Waals surface area contributed by atoms with Crippen molar-refractivity contribution in [3.63, 3.8) is 0 Å². The van der Waals surface area contributed by atoms with Gasteiger partial charge in [0.25, 0.3) is 11.5 Å². The summed E-state index contributed by atoms with van der Waals surface area (Å²) >= 11 is 0. The number of ether oxygens (including phenoxy) is 1. The molecule has 2 saturated heterocycles. The van der Waals surface area contributed by atoms with Gasteiger partial charge in [-0.3, -0.25) is 24.2 Å². The molecule has 7 heterocycles. The Morgan fingerprint density at radius 3 is 2.70 bits per heavy atom. The van der Waals surface area contributed by atoms with Crippen molar-refractivity contribution in [3.8, 4) is 11.3 Å². The number of aliphatic hydroxyl groups is 1. The highest BCUT2D eigenvalue weighted by Crippen LogP contribution is 2.40. The van der Waals surface area contributed by atoms with Gasteiger partial charge < -0.3 is 34.5 Å². The summed E-state index contributed by atoms with van der Waals surface area (Å²) in [4.78, 5) is 60.5. The van der Waals surface area contributed by atoms with Crippen LogP contribution in [0.5, 0.6) is 0 Å². The minimum absolute atomic E-state index is 0.0472. The molecule has 2 amide bonds. The average molecular weight is 766 g/mol. The number of pyridine rings is 2. The van der Waals surface area contributed by atoms with Gasteiger partial charge in [0.1, 0.15) is 11.5 Å². The van der Waals surface area contributed by atoms with Gasteiger partial charge in [-0.15, -0.1) is 0 Å². The second-order valence-corrected chi connectivity index (χ2v) is 15.9. The molecule has 4 aromatic rings. The summed E-state index contributed by atoms with van der Waals surface area (Å²) in [5.41, 5.74) is 3.30. The normalized spacial score (nSPS) is 20.8. The fourth-order valence-electron chi connectivity index (χ4n) is 8.78. The minimum atomic E-state index is -2.90. The van der Waals surface area contributed by atoms with Crippen molar-refractivity contribution in [1.82, 2.24) is 29.0 Å². The quantitative estimate of drug-likeness (QED) is 0.212. The van der Waals surface area contributed by atoms with Crippen molar-refractivity contribution in [3.05, 3.63) is 82.3 Å². The number of hydrogen-bond donors (Lipinski definition) is 3. The van der Waals surface area contributed by atoms with E-state index < -0.39 is 25.0 Å². The Balaban J connectivity index is 1.12.